The molecule has 6 unspecified atom stereocenters. The van der Waals surface area contributed by atoms with Crippen LogP contribution in [0.1, 0.15) is 81.8 Å². The zero-order chi connectivity index (χ0) is 20.6. The Kier molecular flexibility index (Phi) is 6.09. The number of alkyl halides is 3. The Labute approximate surface area is 171 Å². The molecule has 0 bridgehead atoms. The van der Waals surface area contributed by atoms with Gasteiger partial charge in [0, 0.05) is 0 Å². The van der Waals surface area contributed by atoms with Crippen molar-refractivity contribution in [3.8, 4) is 0 Å². The highest BCUT2D eigenvalue weighted by atomic mass is 19.4. The first-order chi connectivity index (χ1) is 13.9. The van der Waals surface area contributed by atoms with Crippen LogP contribution in [0.4, 0.5) is 17.6 Å². The summed E-state index contributed by atoms with van der Waals surface area (Å²) in [5.74, 6) is 2.91. The van der Waals surface area contributed by atoms with Gasteiger partial charge in [0.1, 0.15) is 5.82 Å². The van der Waals surface area contributed by atoms with Crippen molar-refractivity contribution in [2.45, 2.75) is 76.8 Å². The zero-order valence-corrected chi connectivity index (χ0v) is 17.2. The highest BCUT2D eigenvalue weighted by Gasteiger charge is 2.44. The third kappa shape index (κ3) is 4.41. The molecule has 1 aromatic rings. The molecule has 0 spiro atoms. The molecule has 29 heavy (non-hydrogen) atoms. The molecule has 0 amide bonds. The standard InChI is InChI=1S/C25H32F4/c1-2-3-4-16-5-10-21-19(13-16)6-7-20-14-17(8-11-22(20)21)18-9-12-23(24(26)15-18)25(27,28)29/h3-4,9,12,15-17,19-22H,2,5-8,10-11,13-14H2,1H3/b4-3+. The van der Waals surface area contributed by atoms with Gasteiger partial charge in [-0.05, 0) is 111 Å². The van der Waals surface area contributed by atoms with Crippen LogP contribution in [0, 0.1) is 35.4 Å². The highest BCUT2D eigenvalue weighted by Crippen LogP contribution is 2.55. The van der Waals surface area contributed by atoms with Gasteiger partial charge in [0.15, 0.2) is 0 Å². The molecule has 4 heteroatoms. The van der Waals surface area contributed by atoms with Crippen LogP contribution in [-0.4, -0.2) is 0 Å². The van der Waals surface area contributed by atoms with Gasteiger partial charge in [-0.15, -0.1) is 0 Å². The second-order valence-corrected chi connectivity index (χ2v) is 9.58. The van der Waals surface area contributed by atoms with Gasteiger partial charge in [0.05, 0.1) is 5.56 Å². The number of hydrogen-bond donors (Lipinski definition) is 0. The molecular weight excluding hydrogens is 376 g/mol. The van der Waals surface area contributed by atoms with Crippen molar-refractivity contribution >= 4 is 0 Å². The average Bonchev–Trinajstić information content (AvgIpc) is 2.70. The minimum absolute atomic E-state index is 0.202. The molecule has 160 valence electrons. The lowest BCUT2D eigenvalue weighted by Gasteiger charge is -2.50. The molecule has 0 saturated heterocycles. The number of hydrogen-bond acceptors (Lipinski definition) is 0. The van der Waals surface area contributed by atoms with Crippen LogP contribution in [0.15, 0.2) is 30.4 Å². The lowest BCUT2D eigenvalue weighted by molar-refractivity contribution is -0.140. The second kappa shape index (κ2) is 8.43. The van der Waals surface area contributed by atoms with Crippen LogP contribution < -0.4 is 0 Å². The monoisotopic (exact) mass is 408 g/mol. The number of allylic oxidation sites excluding steroid dienone is 2. The molecule has 3 fully saturated rings. The third-order valence-corrected chi connectivity index (χ3v) is 8.00. The largest absolute Gasteiger partial charge is 0.419 e. The summed E-state index contributed by atoms with van der Waals surface area (Å²) in [7, 11) is 0. The van der Waals surface area contributed by atoms with Gasteiger partial charge in [-0.2, -0.15) is 13.2 Å². The quantitative estimate of drug-likeness (QED) is 0.350. The van der Waals surface area contributed by atoms with Gasteiger partial charge >= 0.3 is 6.18 Å². The van der Waals surface area contributed by atoms with E-state index in [1.165, 1.54) is 38.2 Å². The molecule has 0 heterocycles. The van der Waals surface area contributed by atoms with E-state index in [1.807, 2.05) is 0 Å². The molecule has 0 radical (unpaired) electrons. The van der Waals surface area contributed by atoms with E-state index < -0.39 is 17.6 Å². The normalized spacial score (nSPS) is 35.3. The Morgan fingerprint density at radius 1 is 0.931 bits per heavy atom. The molecule has 3 aliphatic carbocycles. The maximum Gasteiger partial charge on any atom is 0.419 e. The first-order valence-corrected chi connectivity index (χ1v) is 11.4. The van der Waals surface area contributed by atoms with Crippen molar-refractivity contribution in [3.63, 3.8) is 0 Å². The van der Waals surface area contributed by atoms with Crippen molar-refractivity contribution in [2.24, 2.45) is 29.6 Å². The molecule has 4 rings (SSSR count). The third-order valence-electron chi connectivity index (χ3n) is 8.00. The van der Waals surface area contributed by atoms with E-state index in [-0.39, 0.29) is 5.92 Å². The van der Waals surface area contributed by atoms with Gasteiger partial charge in [-0.25, -0.2) is 4.39 Å². The number of rotatable bonds is 3. The first-order valence-electron chi connectivity index (χ1n) is 11.4. The van der Waals surface area contributed by atoms with Crippen molar-refractivity contribution in [1.82, 2.24) is 0 Å². The maximum atomic E-state index is 14.1. The Hall–Kier alpha value is -1.32. The Bertz CT molecular complexity index is 735. The smallest absolute Gasteiger partial charge is 0.206 e. The number of fused-ring (bicyclic) bond motifs is 3. The van der Waals surface area contributed by atoms with Crippen molar-refractivity contribution in [2.75, 3.05) is 0 Å². The van der Waals surface area contributed by atoms with E-state index in [0.717, 1.165) is 67.1 Å². The lowest BCUT2D eigenvalue weighted by atomic mass is 9.55. The van der Waals surface area contributed by atoms with Crippen LogP contribution in [0.3, 0.4) is 0 Å². The molecule has 0 aromatic heterocycles. The van der Waals surface area contributed by atoms with Crippen molar-refractivity contribution in [1.29, 1.82) is 0 Å². The topological polar surface area (TPSA) is 0 Å². The second-order valence-electron chi connectivity index (χ2n) is 9.58. The summed E-state index contributed by atoms with van der Waals surface area (Å²) < 4.78 is 52.6. The number of halogens is 4. The zero-order valence-electron chi connectivity index (χ0n) is 17.2. The van der Waals surface area contributed by atoms with Gasteiger partial charge in [-0.3, -0.25) is 0 Å². The van der Waals surface area contributed by atoms with Crippen LogP contribution in [0.25, 0.3) is 0 Å². The van der Waals surface area contributed by atoms with Crippen LogP contribution in [0.2, 0.25) is 0 Å². The highest BCUT2D eigenvalue weighted by molar-refractivity contribution is 5.29. The summed E-state index contributed by atoms with van der Waals surface area (Å²) in [5.41, 5.74) is -0.395. The summed E-state index contributed by atoms with van der Waals surface area (Å²) in [5, 5.41) is 0. The summed E-state index contributed by atoms with van der Waals surface area (Å²) in [6.07, 6.45) is 10.8. The molecular formula is C25H32F4. The maximum absolute atomic E-state index is 14.1. The van der Waals surface area contributed by atoms with Crippen molar-refractivity contribution in [3.05, 3.63) is 47.3 Å². The molecule has 3 saturated carbocycles. The van der Waals surface area contributed by atoms with Gasteiger partial charge in [0.2, 0.25) is 0 Å². The Morgan fingerprint density at radius 3 is 2.28 bits per heavy atom. The van der Waals surface area contributed by atoms with Gasteiger partial charge in [0.25, 0.3) is 0 Å². The molecule has 0 nitrogen and oxygen atoms in total. The van der Waals surface area contributed by atoms with Crippen molar-refractivity contribution < 1.29 is 17.6 Å². The van der Waals surface area contributed by atoms with E-state index >= 15 is 0 Å². The van der Waals surface area contributed by atoms with E-state index in [2.05, 4.69) is 19.1 Å². The SMILES string of the molecule is CC/C=C/C1CCC2C(CCC3CC(c4ccc(C(F)(F)F)c(F)c4)CCC32)C1. The fraction of sp³-hybridized carbons (Fsp3) is 0.680. The van der Waals surface area contributed by atoms with Gasteiger partial charge < -0.3 is 0 Å². The molecule has 0 N–H and O–H groups in total. The molecule has 6 atom stereocenters. The first kappa shape index (κ1) is 20.9. The van der Waals surface area contributed by atoms with Crippen LogP contribution >= 0.6 is 0 Å². The summed E-state index contributed by atoms with van der Waals surface area (Å²) in [6, 6.07) is 3.58. The summed E-state index contributed by atoms with van der Waals surface area (Å²) in [6.45, 7) is 2.19. The van der Waals surface area contributed by atoms with Crippen LogP contribution in [-0.2, 0) is 6.18 Å². The Balaban J connectivity index is 1.41. The molecule has 0 aliphatic heterocycles. The lowest BCUT2D eigenvalue weighted by Crippen LogP contribution is -2.41. The summed E-state index contributed by atoms with van der Waals surface area (Å²) in [4.78, 5) is 0. The molecule has 1 aromatic carbocycles. The average molecular weight is 409 g/mol. The van der Waals surface area contributed by atoms with E-state index in [1.54, 1.807) is 0 Å². The minimum atomic E-state index is -4.62. The minimum Gasteiger partial charge on any atom is -0.206 e. The Morgan fingerprint density at radius 2 is 1.62 bits per heavy atom. The predicted molar refractivity (Wildman–Crippen MR) is 108 cm³/mol. The van der Waals surface area contributed by atoms with E-state index in [0.29, 0.717) is 5.92 Å². The summed E-state index contributed by atoms with van der Waals surface area (Å²) >= 11 is 0. The van der Waals surface area contributed by atoms with E-state index in [4.69, 9.17) is 0 Å². The fourth-order valence-corrected chi connectivity index (χ4v) is 6.65. The predicted octanol–water partition coefficient (Wildman–Crippen LogP) is 8.14. The van der Waals surface area contributed by atoms with Crippen LogP contribution in [0.5, 0.6) is 0 Å². The van der Waals surface area contributed by atoms with Gasteiger partial charge in [-0.1, -0.05) is 25.1 Å². The van der Waals surface area contributed by atoms with E-state index in [9.17, 15) is 17.6 Å². The molecule has 3 aliphatic rings. The fourth-order valence-electron chi connectivity index (χ4n) is 6.65. The number of benzene rings is 1.